The molecule has 188 valence electrons. The molecule has 0 spiro atoms. The molecule has 37 heavy (non-hydrogen) atoms. The molecule has 0 fully saturated rings. The molecule has 0 saturated heterocycles. The van der Waals surface area contributed by atoms with Crippen molar-refractivity contribution in [1.29, 1.82) is 0 Å². The van der Waals surface area contributed by atoms with Gasteiger partial charge < -0.3 is 20.2 Å². The molecule has 0 aliphatic heterocycles. The molecule has 3 aromatic carbocycles. The van der Waals surface area contributed by atoms with Crippen LogP contribution >= 0.6 is 23.4 Å². The molecule has 3 N–H and O–H groups in total. The highest BCUT2D eigenvalue weighted by Crippen LogP contribution is 2.33. The zero-order valence-electron chi connectivity index (χ0n) is 19.9. The highest BCUT2D eigenvalue weighted by atomic mass is 35.5. The molecule has 2 heterocycles. The fourth-order valence-electron chi connectivity index (χ4n) is 3.90. The number of benzene rings is 3. The van der Waals surface area contributed by atoms with Gasteiger partial charge in [0.25, 0.3) is 0 Å². The zero-order valence-corrected chi connectivity index (χ0v) is 21.5. The van der Waals surface area contributed by atoms with Crippen molar-refractivity contribution < 1.29 is 13.5 Å². The Kier molecular flexibility index (Phi) is 7.60. The lowest BCUT2D eigenvalue weighted by Crippen LogP contribution is -2.11. The Morgan fingerprint density at radius 2 is 1.97 bits per heavy atom. The predicted molar refractivity (Wildman–Crippen MR) is 148 cm³/mol. The van der Waals surface area contributed by atoms with Gasteiger partial charge in [-0.15, -0.1) is 0 Å². The second-order valence-corrected chi connectivity index (χ2v) is 9.72. The maximum absolute atomic E-state index is 13.4. The number of nitrogens with zero attached hydrogens (tertiary/aromatic N) is 2. The van der Waals surface area contributed by atoms with E-state index in [0.29, 0.717) is 16.6 Å². The Morgan fingerprint density at radius 3 is 2.78 bits per heavy atom. The van der Waals surface area contributed by atoms with Gasteiger partial charge in [-0.05, 0) is 72.5 Å². The molecular weight excluding hydrogens is 511 g/mol. The van der Waals surface area contributed by atoms with E-state index in [1.807, 2.05) is 42.7 Å². The Hall–Kier alpha value is -3.59. The van der Waals surface area contributed by atoms with Crippen LogP contribution in [-0.4, -0.2) is 22.0 Å². The number of furan rings is 1. The fraction of sp³-hybridized carbons (Fsp3) is 0.143. The summed E-state index contributed by atoms with van der Waals surface area (Å²) in [7, 11) is 0. The minimum atomic E-state index is -0.307. The average molecular weight is 535 g/mol. The molecule has 0 saturated carbocycles. The summed E-state index contributed by atoms with van der Waals surface area (Å²) in [6.07, 6.45) is 3.52. The Morgan fingerprint density at radius 1 is 1.08 bits per heavy atom. The van der Waals surface area contributed by atoms with E-state index < -0.39 is 0 Å². The maximum Gasteiger partial charge on any atom is 0.141 e. The molecule has 0 aliphatic rings. The van der Waals surface area contributed by atoms with Crippen molar-refractivity contribution in [3.05, 3.63) is 101 Å². The summed E-state index contributed by atoms with van der Waals surface area (Å²) < 4.78 is 25.2. The highest BCUT2D eigenvalue weighted by molar-refractivity contribution is 7.98. The van der Waals surface area contributed by atoms with Crippen molar-refractivity contribution in [3.8, 4) is 17.1 Å². The summed E-state index contributed by atoms with van der Waals surface area (Å²) in [4.78, 5) is 8.84. The first-order valence-electron chi connectivity index (χ1n) is 11.5. The topological polar surface area (TPSA) is 86.2 Å². The first-order chi connectivity index (χ1) is 18.0. The summed E-state index contributed by atoms with van der Waals surface area (Å²) in [5.74, 6) is 3.08. The SMILES string of the molecule is CSC[C@H](N)c1ccc(-c2ccc3ncnc(Nc4ccc(OCc5cccc(F)c5)c(Cl)c4)c3c2)o1. The van der Waals surface area contributed by atoms with Crippen LogP contribution in [0, 0.1) is 5.82 Å². The normalized spacial score (nSPS) is 12.0. The highest BCUT2D eigenvalue weighted by Gasteiger charge is 2.14. The van der Waals surface area contributed by atoms with Crippen LogP contribution < -0.4 is 15.8 Å². The first kappa shape index (κ1) is 25.1. The van der Waals surface area contributed by atoms with Crippen LogP contribution in [0.3, 0.4) is 0 Å². The molecule has 1 atom stereocenters. The minimum Gasteiger partial charge on any atom is -0.487 e. The number of hydrogen-bond acceptors (Lipinski definition) is 7. The molecular formula is C28H24ClFN4O2S. The van der Waals surface area contributed by atoms with Gasteiger partial charge in [-0.2, -0.15) is 11.8 Å². The second-order valence-electron chi connectivity index (χ2n) is 8.41. The molecule has 5 rings (SSSR count). The van der Waals surface area contributed by atoms with Crippen molar-refractivity contribution in [3.63, 3.8) is 0 Å². The van der Waals surface area contributed by atoms with E-state index in [1.54, 1.807) is 36.0 Å². The number of fused-ring (bicyclic) bond motifs is 1. The van der Waals surface area contributed by atoms with E-state index in [2.05, 4.69) is 15.3 Å². The first-order valence-corrected chi connectivity index (χ1v) is 13.3. The number of hydrogen-bond donors (Lipinski definition) is 2. The van der Waals surface area contributed by atoms with Gasteiger partial charge in [0.05, 0.1) is 16.6 Å². The molecule has 0 amide bonds. The summed E-state index contributed by atoms with van der Waals surface area (Å²) >= 11 is 8.15. The average Bonchev–Trinajstić information content (AvgIpc) is 3.39. The van der Waals surface area contributed by atoms with Crippen molar-refractivity contribution in [2.75, 3.05) is 17.3 Å². The lowest BCUT2D eigenvalue weighted by molar-refractivity contribution is 0.306. The number of nitrogens with two attached hydrogens (primary N) is 1. The monoisotopic (exact) mass is 534 g/mol. The third-order valence-electron chi connectivity index (χ3n) is 5.74. The molecule has 0 radical (unpaired) electrons. The number of rotatable bonds is 9. The van der Waals surface area contributed by atoms with Gasteiger partial charge in [-0.25, -0.2) is 14.4 Å². The summed E-state index contributed by atoms with van der Waals surface area (Å²) in [6.45, 7) is 0.209. The number of ether oxygens (including phenoxy) is 1. The molecule has 0 unspecified atom stereocenters. The van der Waals surface area contributed by atoms with Crippen molar-refractivity contribution in [2.24, 2.45) is 5.73 Å². The molecule has 9 heteroatoms. The van der Waals surface area contributed by atoms with E-state index in [4.69, 9.17) is 26.5 Å². The van der Waals surface area contributed by atoms with E-state index in [0.717, 1.165) is 45.0 Å². The van der Waals surface area contributed by atoms with Gasteiger partial charge in [0.1, 0.15) is 41.8 Å². The van der Waals surface area contributed by atoms with Crippen LogP contribution in [0.25, 0.3) is 22.2 Å². The van der Waals surface area contributed by atoms with Crippen LogP contribution in [0.5, 0.6) is 5.75 Å². The van der Waals surface area contributed by atoms with Gasteiger partial charge >= 0.3 is 0 Å². The fourth-order valence-corrected chi connectivity index (χ4v) is 4.66. The zero-order chi connectivity index (χ0) is 25.8. The summed E-state index contributed by atoms with van der Waals surface area (Å²) in [5, 5.41) is 4.57. The van der Waals surface area contributed by atoms with Gasteiger partial charge in [0, 0.05) is 22.4 Å². The number of halogens is 2. The Labute approximate surface area is 223 Å². The van der Waals surface area contributed by atoms with E-state index in [1.165, 1.54) is 18.5 Å². The van der Waals surface area contributed by atoms with Gasteiger partial charge in [-0.3, -0.25) is 0 Å². The second kappa shape index (κ2) is 11.2. The van der Waals surface area contributed by atoms with E-state index in [9.17, 15) is 4.39 Å². The van der Waals surface area contributed by atoms with Crippen LogP contribution in [0.1, 0.15) is 17.4 Å². The van der Waals surface area contributed by atoms with Gasteiger partial charge in [0.2, 0.25) is 0 Å². The Balaban J connectivity index is 1.36. The molecule has 0 aliphatic carbocycles. The minimum absolute atomic E-state index is 0.157. The molecule has 6 nitrogen and oxygen atoms in total. The summed E-state index contributed by atoms with van der Waals surface area (Å²) in [6, 6.07) is 21.2. The van der Waals surface area contributed by atoms with E-state index >= 15 is 0 Å². The lowest BCUT2D eigenvalue weighted by Gasteiger charge is -2.12. The predicted octanol–water partition coefficient (Wildman–Crippen LogP) is 7.37. The molecule has 5 aromatic rings. The van der Waals surface area contributed by atoms with Crippen molar-refractivity contribution >= 4 is 45.8 Å². The largest absolute Gasteiger partial charge is 0.487 e. The van der Waals surface area contributed by atoms with Crippen LogP contribution in [-0.2, 0) is 6.61 Å². The van der Waals surface area contributed by atoms with Gasteiger partial charge in [-0.1, -0.05) is 23.7 Å². The summed E-state index contributed by atoms with van der Waals surface area (Å²) in [5.41, 5.74) is 9.33. The number of aromatic nitrogens is 2. The number of thioether (sulfide) groups is 1. The van der Waals surface area contributed by atoms with Crippen LogP contribution in [0.4, 0.5) is 15.9 Å². The quantitative estimate of drug-likeness (QED) is 0.204. The lowest BCUT2D eigenvalue weighted by atomic mass is 10.1. The standard InChI is InChI=1S/C28H24ClFN4O2S/c1-37-15-23(31)27-10-9-25(36-27)18-5-7-24-21(12-18)28(33-16-32-24)34-20-6-8-26(22(29)13-20)35-14-17-3-2-4-19(30)11-17/h2-13,16,23H,14-15,31H2,1H3,(H,32,33,34)/t23-/m0/s1. The van der Waals surface area contributed by atoms with Crippen LogP contribution in [0.15, 0.2) is 83.5 Å². The third-order valence-corrected chi connectivity index (χ3v) is 6.72. The van der Waals surface area contributed by atoms with Crippen molar-refractivity contribution in [2.45, 2.75) is 12.6 Å². The molecule has 2 aromatic heterocycles. The molecule has 0 bridgehead atoms. The maximum atomic E-state index is 13.4. The Bertz CT molecular complexity index is 1540. The van der Waals surface area contributed by atoms with Gasteiger partial charge in [0.15, 0.2) is 0 Å². The smallest absolute Gasteiger partial charge is 0.141 e. The van der Waals surface area contributed by atoms with E-state index in [-0.39, 0.29) is 18.5 Å². The number of nitrogens with one attached hydrogen (secondary N) is 1. The van der Waals surface area contributed by atoms with Crippen LogP contribution in [0.2, 0.25) is 5.02 Å². The van der Waals surface area contributed by atoms with Crippen molar-refractivity contribution in [1.82, 2.24) is 9.97 Å². The number of anilines is 2. The third kappa shape index (κ3) is 5.88.